The van der Waals surface area contributed by atoms with Gasteiger partial charge >= 0.3 is 6.03 Å². The Labute approximate surface area is 181 Å². The molecule has 3 aromatic rings. The van der Waals surface area contributed by atoms with Gasteiger partial charge in [0.1, 0.15) is 5.82 Å². The zero-order chi connectivity index (χ0) is 21.3. The monoisotopic (exact) mass is 423 g/mol. The molecular weight excluding hydrogens is 398 g/mol. The molecule has 2 heterocycles. The predicted octanol–water partition coefficient (Wildman–Crippen LogP) is 4.58. The molecule has 0 unspecified atom stereocenters. The topological polar surface area (TPSA) is 61.4 Å². The van der Waals surface area contributed by atoms with E-state index in [0.29, 0.717) is 37.0 Å². The van der Waals surface area contributed by atoms with Gasteiger partial charge in [-0.3, -0.25) is 0 Å². The lowest BCUT2D eigenvalue weighted by atomic mass is 10.1. The smallest absolute Gasteiger partial charge is 0.317 e. The highest BCUT2D eigenvalue weighted by atomic mass is 35.5. The van der Waals surface area contributed by atoms with Crippen molar-refractivity contribution in [3.63, 3.8) is 0 Å². The maximum atomic E-state index is 12.5. The van der Waals surface area contributed by atoms with Gasteiger partial charge in [-0.05, 0) is 39.0 Å². The van der Waals surface area contributed by atoms with Gasteiger partial charge in [0.25, 0.3) is 0 Å². The molecule has 0 aliphatic carbocycles. The average Bonchev–Trinajstić information content (AvgIpc) is 2.72. The highest BCUT2D eigenvalue weighted by molar-refractivity contribution is 6.31. The lowest BCUT2D eigenvalue weighted by Gasteiger charge is -2.37. The Hall–Kier alpha value is -2.86. The van der Waals surface area contributed by atoms with Gasteiger partial charge in [-0.2, -0.15) is 0 Å². The third-order valence-corrected chi connectivity index (χ3v) is 5.25. The lowest BCUT2D eigenvalue weighted by Crippen LogP contribution is -2.55. The first-order valence-electron chi connectivity index (χ1n) is 10.1. The van der Waals surface area contributed by atoms with Crippen LogP contribution in [0.5, 0.6) is 0 Å². The van der Waals surface area contributed by atoms with Gasteiger partial charge in [-0.1, -0.05) is 41.9 Å². The average molecular weight is 424 g/mol. The normalized spacial score (nSPS) is 14.8. The van der Waals surface area contributed by atoms with Crippen LogP contribution in [0.4, 0.5) is 10.6 Å². The van der Waals surface area contributed by atoms with Crippen LogP contribution < -0.4 is 10.2 Å². The SMILES string of the molecule is CC(C)(C)NC(=O)N1CCN(c2nc(-c3ccccc3)nc3cc(Cl)ccc23)CC1. The number of rotatable bonds is 2. The third kappa shape index (κ3) is 4.49. The maximum Gasteiger partial charge on any atom is 0.317 e. The highest BCUT2D eigenvalue weighted by Crippen LogP contribution is 2.30. The number of hydrogen-bond donors (Lipinski definition) is 1. The van der Waals surface area contributed by atoms with Gasteiger partial charge in [0, 0.05) is 47.7 Å². The van der Waals surface area contributed by atoms with E-state index in [9.17, 15) is 4.79 Å². The van der Waals surface area contributed by atoms with Crippen molar-refractivity contribution in [1.82, 2.24) is 20.2 Å². The Balaban J connectivity index is 1.63. The summed E-state index contributed by atoms with van der Waals surface area (Å²) in [6.45, 7) is 8.67. The van der Waals surface area contributed by atoms with E-state index >= 15 is 0 Å². The quantitative estimate of drug-likeness (QED) is 0.655. The molecule has 7 heteroatoms. The summed E-state index contributed by atoms with van der Waals surface area (Å²) in [6.07, 6.45) is 0. The maximum absolute atomic E-state index is 12.5. The molecule has 2 amide bonds. The number of hydrogen-bond acceptors (Lipinski definition) is 4. The van der Waals surface area contributed by atoms with Crippen LogP contribution in [0.3, 0.4) is 0 Å². The third-order valence-electron chi connectivity index (χ3n) is 5.02. The highest BCUT2D eigenvalue weighted by Gasteiger charge is 2.26. The minimum absolute atomic E-state index is 0.0218. The molecule has 0 saturated carbocycles. The molecule has 1 aliphatic heterocycles. The summed E-state index contributed by atoms with van der Waals surface area (Å²) in [7, 11) is 0. The van der Waals surface area contributed by atoms with E-state index in [-0.39, 0.29) is 11.6 Å². The summed E-state index contributed by atoms with van der Waals surface area (Å²) in [5.41, 5.74) is 1.53. The minimum atomic E-state index is -0.249. The van der Waals surface area contributed by atoms with Crippen LogP contribution in [-0.4, -0.2) is 52.6 Å². The molecule has 6 nitrogen and oxygen atoms in total. The minimum Gasteiger partial charge on any atom is -0.352 e. The van der Waals surface area contributed by atoms with E-state index in [1.807, 2.05) is 74.2 Å². The summed E-state index contributed by atoms with van der Waals surface area (Å²) >= 11 is 6.24. The van der Waals surface area contributed by atoms with Crippen molar-refractivity contribution < 1.29 is 4.79 Å². The number of carbonyl (C=O) groups excluding carboxylic acids is 1. The van der Waals surface area contributed by atoms with Crippen LogP contribution in [0.1, 0.15) is 20.8 Å². The molecule has 0 spiro atoms. The molecule has 2 aromatic carbocycles. The molecule has 30 heavy (non-hydrogen) atoms. The Bertz CT molecular complexity index is 1060. The Kier molecular flexibility index (Phi) is 5.52. The van der Waals surface area contributed by atoms with Crippen LogP contribution in [0.2, 0.25) is 5.02 Å². The fourth-order valence-corrected chi connectivity index (χ4v) is 3.73. The van der Waals surface area contributed by atoms with Crippen molar-refractivity contribution in [2.75, 3.05) is 31.1 Å². The Morgan fingerprint density at radius 2 is 1.70 bits per heavy atom. The molecule has 0 bridgehead atoms. The van der Waals surface area contributed by atoms with E-state index in [1.165, 1.54) is 0 Å². The lowest BCUT2D eigenvalue weighted by molar-refractivity contribution is 0.185. The number of carbonyl (C=O) groups is 1. The fraction of sp³-hybridized carbons (Fsp3) is 0.348. The van der Waals surface area contributed by atoms with Gasteiger partial charge in [-0.15, -0.1) is 0 Å². The van der Waals surface area contributed by atoms with E-state index in [2.05, 4.69) is 10.2 Å². The molecule has 0 radical (unpaired) electrons. The number of amides is 2. The van der Waals surface area contributed by atoms with E-state index in [1.54, 1.807) is 0 Å². The number of halogens is 1. The van der Waals surface area contributed by atoms with Crippen molar-refractivity contribution in [2.24, 2.45) is 0 Å². The second-order valence-corrected chi connectivity index (χ2v) is 8.99. The fourth-order valence-electron chi connectivity index (χ4n) is 3.56. The molecule has 4 rings (SSSR count). The van der Waals surface area contributed by atoms with Crippen LogP contribution in [0.25, 0.3) is 22.3 Å². The predicted molar refractivity (Wildman–Crippen MR) is 122 cm³/mol. The van der Waals surface area contributed by atoms with Gasteiger partial charge < -0.3 is 15.1 Å². The molecule has 1 N–H and O–H groups in total. The number of nitrogens with one attached hydrogen (secondary N) is 1. The zero-order valence-electron chi connectivity index (χ0n) is 17.5. The molecule has 0 atom stereocenters. The van der Waals surface area contributed by atoms with Gasteiger partial charge in [-0.25, -0.2) is 14.8 Å². The van der Waals surface area contributed by atoms with Crippen molar-refractivity contribution in [1.29, 1.82) is 0 Å². The summed E-state index contributed by atoms with van der Waals surface area (Å²) in [5.74, 6) is 1.56. The van der Waals surface area contributed by atoms with Crippen LogP contribution >= 0.6 is 11.6 Å². The molecule has 1 aliphatic rings. The van der Waals surface area contributed by atoms with Crippen LogP contribution in [0, 0.1) is 0 Å². The molecule has 1 aromatic heterocycles. The number of anilines is 1. The Morgan fingerprint density at radius 3 is 2.37 bits per heavy atom. The summed E-state index contributed by atoms with van der Waals surface area (Å²) in [5, 5.41) is 4.65. The van der Waals surface area contributed by atoms with Crippen LogP contribution in [0.15, 0.2) is 48.5 Å². The number of aromatic nitrogens is 2. The number of urea groups is 1. The van der Waals surface area contributed by atoms with E-state index in [4.69, 9.17) is 21.6 Å². The number of benzene rings is 2. The first kappa shape index (κ1) is 20.4. The van der Waals surface area contributed by atoms with E-state index < -0.39 is 0 Å². The standard InChI is InChI=1S/C23H26ClN5O/c1-23(2,3)27-22(30)29-13-11-28(12-14-29)21-18-10-9-17(24)15-19(18)25-20(26-21)16-7-5-4-6-8-16/h4-10,15H,11-14H2,1-3H3,(H,27,30). The van der Waals surface area contributed by atoms with Gasteiger partial charge in [0.2, 0.25) is 0 Å². The zero-order valence-corrected chi connectivity index (χ0v) is 18.3. The molecular formula is C23H26ClN5O. The largest absolute Gasteiger partial charge is 0.352 e. The first-order chi connectivity index (χ1) is 14.3. The van der Waals surface area contributed by atoms with Gasteiger partial charge in [0.15, 0.2) is 5.82 Å². The van der Waals surface area contributed by atoms with Crippen molar-refractivity contribution in [3.05, 3.63) is 53.6 Å². The van der Waals surface area contributed by atoms with Crippen molar-refractivity contribution in [2.45, 2.75) is 26.3 Å². The summed E-state index contributed by atoms with van der Waals surface area (Å²) < 4.78 is 0. The van der Waals surface area contributed by atoms with Gasteiger partial charge in [0.05, 0.1) is 5.52 Å². The van der Waals surface area contributed by atoms with E-state index in [0.717, 1.165) is 22.3 Å². The second-order valence-electron chi connectivity index (χ2n) is 8.55. The number of fused-ring (bicyclic) bond motifs is 1. The summed E-state index contributed by atoms with van der Waals surface area (Å²) in [4.78, 5) is 26.2. The molecule has 1 fully saturated rings. The van der Waals surface area contributed by atoms with Crippen LogP contribution in [-0.2, 0) is 0 Å². The van der Waals surface area contributed by atoms with Crippen molar-refractivity contribution in [3.8, 4) is 11.4 Å². The molecule has 1 saturated heterocycles. The molecule has 156 valence electrons. The Morgan fingerprint density at radius 1 is 1.00 bits per heavy atom. The summed E-state index contributed by atoms with van der Waals surface area (Å²) in [6, 6.07) is 15.6. The number of piperazine rings is 1. The first-order valence-corrected chi connectivity index (χ1v) is 10.5. The second kappa shape index (κ2) is 8.11. The van der Waals surface area contributed by atoms with Crippen molar-refractivity contribution >= 4 is 34.4 Å². The number of nitrogens with zero attached hydrogens (tertiary/aromatic N) is 4.